The topological polar surface area (TPSA) is 74.3 Å². The summed E-state index contributed by atoms with van der Waals surface area (Å²) in [5.74, 6) is 0. The fraction of sp³-hybridized carbons (Fsp3) is 0.0270. The second-order valence-electron chi connectivity index (χ2n) is 10.7. The highest BCUT2D eigenvalue weighted by Crippen LogP contribution is 2.56. The van der Waals surface area contributed by atoms with Crippen LogP contribution in [-0.4, -0.2) is 15.7 Å². The highest BCUT2D eigenvalue weighted by molar-refractivity contribution is 8.15. The fourth-order valence-electron chi connectivity index (χ4n) is 6.05. The van der Waals surface area contributed by atoms with Gasteiger partial charge in [0.25, 0.3) is 5.69 Å². The van der Waals surface area contributed by atoms with Crippen molar-refractivity contribution in [2.45, 2.75) is 4.99 Å². The number of thioether (sulfide) groups is 1. The van der Waals surface area contributed by atoms with E-state index >= 15 is 0 Å². The van der Waals surface area contributed by atoms with Crippen molar-refractivity contribution in [1.29, 1.82) is 0 Å². The third-order valence-electron chi connectivity index (χ3n) is 8.11. The minimum absolute atomic E-state index is 0.0205. The first-order chi connectivity index (χ1) is 22.1. The van der Waals surface area contributed by atoms with E-state index in [1.165, 1.54) is 12.1 Å². The summed E-state index contributed by atoms with van der Waals surface area (Å²) in [6.07, 6.45) is 0. The van der Waals surface area contributed by atoms with Crippen LogP contribution in [0.1, 0.15) is 22.3 Å². The molecule has 0 unspecified atom stereocenters. The van der Waals surface area contributed by atoms with E-state index < -0.39 is 4.99 Å². The quantitative estimate of drug-likeness (QED) is 0.146. The molecule has 6 aromatic carbocycles. The molecule has 0 bridgehead atoms. The molecule has 7 nitrogen and oxygen atoms in total. The van der Waals surface area contributed by atoms with Crippen molar-refractivity contribution in [1.82, 2.24) is 0 Å². The van der Waals surface area contributed by atoms with Gasteiger partial charge in [0, 0.05) is 34.4 Å². The molecule has 2 aliphatic rings. The zero-order chi connectivity index (χ0) is 30.4. The van der Waals surface area contributed by atoms with Gasteiger partial charge < -0.3 is 0 Å². The van der Waals surface area contributed by atoms with Gasteiger partial charge in [-0.3, -0.25) is 10.1 Å². The molecule has 45 heavy (non-hydrogen) atoms. The van der Waals surface area contributed by atoms with Crippen LogP contribution in [-0.2, 0) is 4.99 Å². The minimum Gasteiger partial charge on any atom is -0.258 e. The van der Waals surface area contributed by atoms with Gasteiger partial charge in [0.05, 0.1) is 22.0 Å². The summed E-state index contributed by atoms with van der Waals surface area (Å²) in [6.45, 7) is 0. The number of nitrogens with zero attached hydrogens (tertiary/aromatic N) is 5. The summed E-state index contributed by atoms with van der Waals surface area (Å²) in [5, 5.41) is 29.4. The second-order valence-corrected chi connectivity index (χ2v) is 11.9. The van der Waals surface area contributed by atoms with Crippen LogP contribution in [0.15, 0.2) is 162 Å². The Hall–Kier alpha value is -5.73. The normalized spacial score (nSPS) is 17.2. The summed E-state index contributed by atoms with van der Waals surface area (Å²) in [6, 6.07) is 49.8. The Kier molecular flexibility index (Phi) is 6.43. The largest absolute Gasteiger partial charge is 0.269 e. The number of non-ortho nitro benzene ring substituents is 1. The zero-order valence-electron chi connectivity index (χ0n) is 23.9. The molecule has 8 rings (SSSR count). The van der Waals surface area contributed by atoms with Crippen LogP contribution < -0.4 is 10.0 Å². The summed E-state index contributed by atoms with van der Waals surface area (Å²) in [4.78, 5) is 10.2. The van der Waals surface area contributed by atoms with Gasteiger partial charge in [-0.2, -0.15) is 10.2 Å². The van der Waals surface area contributed by atoms with Crippen LogP contribution in [0.3, 0.4) is 0 Å². The van der Waals surface area contributed by atoms with Crippen molar-refractivity contribution in [3.8, 4) is 0 Å². The van der Waals surface area contributed by atoms with Crippen molar-refractivity contribution >= 4 is 50.4 Å². The van der Waals surface area contributed by atoms with Gasteiger partial charge in [-0.25, -0.2) is 10.0 Å². The Labute approximate surface area is 263 Å². The Morgan fingerprint density at radius 2 is 1.20 bits per heavy atom. The smallest absolute Gasteiger partial charge is 0.258 e. The molecule has 1 atom stereocenters. The molecule has 6 aromatic rings. The first kappa shape index (κ1) is 26.9. The number of benzene rings is 6. The van der Waals surface area contributed by atoms with E-state index in [4.69, 9.17) is 10.2 Å². The highest BCUT2D eigenvalue weighted by Gasteiger charge is 2.55. The third kappa shape index (κ3) is 4.38. The maximum Gasteiger partial charge on any atom is 0.269 e. The lowest BCUT2D eigenvalue weighted by Crippen LogP contribution is -2.54. The number of hydrogen-bond donors (Lipinski definition) is 0. The third-order valence-corrected chi connectivity index (χ3v) is 9.47. The fourth-order valence-corrected chi connectivity index (χ4v) is 7.45. The van der Waals surface area contributed by atoms with E-state index in [0.717, 1.165) is 49.5 Å². The SMILES string of the molecule is O=[N+]([O-])c1ccc(N2N=C(c3ccccc3)S[C@]23c2ccccc2C(c2cccc4ccccc24)=NN3c2ccccc2)cc1. The Bertz CT molecular complexity index is 2130. The van der Waals surface area contributed by atoms with Crippen LogP contribution in [0.5, 0.6) is 0 Å². The van der Waals surface area contributed by atoms with Crippen molar-refractivity contribution in [3.63, 3.8) is 0 Å². The van der Waals surface area contributed by atoms with Gasteiger partial charge in [0.15, 0.2) is 0 Å². The minimum atomic E-state index is -0.993. The van der Waals surface area contributed by atoms with Crippen LogP contribution in [0.25, 0.3) is 10.8 Å². The molecule has 8 heteroatoms. The monoisotopic (exact) mass is 603 g/mol. The molecule has 2 heterocycles. The van der Waals surface area contributed by atoms with Crippen molar-refractivity contribution < 1.29 is 4.92 Å². The first-order valence-corrected chi connectivity index (χ1v) is 15.3. The number of hydrazone groups is 2. The highest BCUT2D eigenvalue weighted by atomic mass is 32.2. The predicted octanol–water partition coefficient (Wildman–Crippen LogP) is 8.75. The molecular weight excluding hydrogens is 579 g/mol. The Morgan fingerprint density at radius 1 is 0.600 bits per heavy atom. The Morgan fingerprint density at radius 3 is 1.98 bits per heavy atom. The lowest BCUT2D eigenvalue weighted by Gasteiger charge is -2.47. The molecule has 0 fully saturated rings. The molecule has 0 aromatic heterocycles. The van der Waals surface area contributed by atoms with Gasteiger partial charge >= 0.3 is 0 Å². The number of nitro groups is 1. The molecule has 0 N–H and O–H groups in total. The lowest BCUT2D eigenvalue weighted by molar-refractivity contribution is -0.384. The van der Waals surface area contributed by atoms with Gasteiger partial charge in [0.1, 0.15) is 5.04 Å². The molecule has 0 saturated carbocycles. The van der Waals surface area contributed by atoms with E-state index in [2.05, 4.69) is 65.7 Å². The predicted molar refractivity (Wildman–Crippen MR) is 183 cm³/mol. The van der Waals surface area contributed by atoms with E-state index in [0.29, 0.717) is 5.69 Å². The number of para-hydroxylation sites is 1. The number of anilines is 2. The van der Waals surface area contributed by atoms with Gasteiger partial charge in [-0.05, 0) is 46.8 Å². The first-order valence-electron chi connectivity index (χ1n) is 14.5. The van der Waals surface area contributed by atoms with Gasteiger partial charge in [0.2, 0.25) is 4.99 Å². The number of fused-ring (bicyclic) bond motifs is 3. The van der Waals surface area contributed by atoms with E-state index in [-0.39, 0.29) is 10.6 Å². The molecule has 0 aliphatic carbocycles. The number of rotatable bonds is 5. The average molecular weight is 604 g/mol. The Balaban J connectivity index is 1.42. The van der Waals surface area contributed by atoms with Crippen LogP contribution in [0.2, 0.25) is 0 Å². The summed E-state index contributed by atoms with van der Waals surface area (Å²) in [7, 11) is 0. The lowest BCUT2D eigenvalue weighted by atomic mass is 9.91. The summed E-state index contributed by atoms with van der Waals surface area (Å²) >= 11 is 1.61. The second kappa shape index (κ2) is 10.8. The molecule has 0 radical (unpaired) electrons. The molecule has 1 spiro atoms. The molecule has 0 saturated heterocycles. The average Bonchev–Trinajstić information content (AvgIpc) is 3.50. The molecule has 2 aliphatic heterocycles. The van der Waals surface area contributed by atoms with E-state index in [1.54, 1.807) is 23.9 Å². The van der Waals surface area contributed by atoms with Crippen LogP contribution >= 0.6 is 11.8 Å². The molecule has 216 valence electrons. The van der Waals surface area contributed by atoms with Crippen LogP contribution in [0, 0.1) is 10.1 Å². The zero-order valence-corrected chi connectivity index (χ0v) is 24.7. The maximum absolute atomic E-state index is 11.6. The number of hydrogen-bond acceptors (Lipinski definition) is 7. The maximum atomic E-state index is 11.6. The van der Waals surface area contributed by atoms with Crippen LogP contribution in [0.4, 0.5) is 17.1 Å². The van der Waals surface area contributed by atoms with Gasteiger partial charge in [-0.1, -0.05) is 115 Å². The van der Waals surface area contributed by atoms with E-state index in [9.17, 15) is 10.1 Å². The summed E-state index contributed by atoms with van der Waals surface area (Å²) in [5.41, 5.74) is 6.47. The van der Waals surface area contributed by atoms with Crippen molar-refractivity contribution in [3.05, 3.63) is 184 Å². The van der Waals surface area contributed by atoms with Crippen molar-refractivity contribution in [2.75, 3.05) is 10.0 Å². The van der Waals surface area contributed by atoms with E-state index in [1.807, 2.05) is 71.7 Å². The standard InChI is InChI=1S/C37H25N5O2S/c43-42(44)30-24-22-29(23-25-30)41-37(45-36(39-41)27-13-3-1-4-14-27)34-21-10-9-19-33(34)35(38-40(37)28-16-5-2-6-17-28)32-20-11-15-26-12-7-8-18-31(26)32/h1-25H/t37-/m0/s1. The molecule has 0 amide bonds. The molecular formula is C37H25N5O2S. The summed E-state index contributed by atoms with van der Waals surface area (Å²) < 4.78 is 0. The van der Waals surface area contributed by atoms with Gasteiger partial charge in [-0.15, -0.1) is 0 Å². The number of nitro benzene ring substituents is 1. The van der Waals surface area contributed by atoms with Crippen molar-refractivity contribution in [2.24, 2.45) is 10.2 Å².